The first-order valence-corrected chi connectivity index (χ1v) is 13.2. The number of likely N-dealkylation sites (tertiary alicyclic amines) is 1. The van der Waals surface area contributed by atoms with Crippen molar-refractivity contribution in [2.75, 3.05) is 51.3 Å². The SMILES string of the molecule is C=CC(=O)N1CCN(c2nc(OC[C@@H]3CCCN3C)nc3c2CC[C@@]2(CCc4ccccc42)O3)CC1. The zero-order valence-electron chi connectivity index (χ0n) is 21.1. The lowest BCUT2D eigenvalue weighted by atomic mass is 9.87. The summed E-state index contributed by atoms with van der Waals surface area (Å²) in [4.78, 5) is 28.3. The Balaban J connectivity index is 1.30. The summed E-state index contributed by atoms with van der Waals surface area (Å²) in [7, 11) is 2.15. The van der Waals surface area contributed by atoms with E-state index in [9.17, 15) is 4.79 Å². The number of amides is 1. The van der Waals surface area contributed by atoms with Crippen LogP contribution < -0.4 is 14.4 Å². The fourth-order valence-corrected chi connectivity index (χ4v) is 6.27. The molecule has 1 aromatic carbocycles. The first-order valence-electron chi connectivity index (χ1n) is 13.2. The maximum absolute atomic E-state index is 12.1. The number of fused-ring (bicyclic) bond motifs is 3. The standard InChI is InChI=1S/C28H35N5O3/c1-3-24(34)32-15-17-33(18-16-32)25-22-11-13-28(12-10-20-7-4-5-9-23(20)28)36-26(22)30-27(29-25)35-19-21-8-6-14-31(21)2/h3-5,7,9,21H,1,6,8,10-19H2,2H3/t21-,28+/m0/s1. The van der Waals surface area contributed by atoms with Crippen LogP contribution in [0.5, 0.6) is 11.9 Å². The molecule has 0 radical (unpaired) electrons. The maximum atomic E-state index is 12.1. The smallest absolute Gasteiger partial charge is 0.321 e. The Kier molecular flexibility index (Phi) is 6.07. The summed E-state index contributed by atoms with van der Waals surface area (Å²) in [5.41, 5.74) is 3.40. The van der Waals surface area contributed by atoms with Gasteiger partial charge in [0.1, 0.15) is 18.0 Å². The Morgan fingerprint density at radius 3 is 2.75 bits per heavy atom. The van der Waals surface area contributed by atoms with Crippen molar-refractivity contribution >= 4 is 11.7 Å². The molecule has 0 unspecified atom stereocenters. The average molecular weight is 490 g/mol. The number of carbonyl (C=O) groups excluding carboxylic acids is 1. The molecular weight excluding hydrogens is 454 g/mol. The molecular formula is C28H35N5O3. The van der Waals surface area contributed by atoms with Crippen molar-refractivity contribution < 1.29 is 14.3 Å². The van der Waals surface area contributed by atoms with E-state index in [0.717, 1.165) is 50.0 Å². The van der Waals surface area contributed by atoms with Crippen LogP contribution in [0.4, 0.5) is 5.82 Å². The third-order valence-corrected chi connectivity index (χ3v) is 8.45. The molecule has 0 saturated carbocycles. The zero-order chi connectivity index (χ0) is 24.7. The molecule has 1 aliphatic carbocycles. The highest BCUT2D eigenvalue weighted by atomic mass is 16.5. The molecule has 3 aliphatic heterocycles. The summed E-state index contributed by atoms with van der Waals surface area (Å²) in [6.07, 6.45) is 7.48. The number of likely N-dealkylation sites (N-methyl/N-ethyl adjacent to an activating group) is 1. The summed E-state index contributed by atoms with van der Waals surface area (Å²) >= 11 is 0. The van der Waals surface area contributed by atoms with E-state index in [2.05, 4.69) is 47.7 Å². The van der Waals surface area contributed by atoms with E-state index in [1.807, 2.05) is 4.90 Å². The summed E-state index contributed by atoms with van der Waals surface area (Å²) < 4.78 is 13.0. The molecule has 2 saturated heterocycles. The predicted octanol–water partition coefficient (Wildman–Crippen LogP) is 2.95. The van der Waals surface area contributed by atoms with E-state index < -0.39 is 0 Å². The molecule has 36 heavy (non-hydrogen) atoms. The molecule has 2 atom stereocenters. The Hall–Kier alpha value is -3.13. The molecule has 190 valence electrons. The molecule has 8 heteroatoms. The second-order valence-electron chi connectivity index (χ2n) is 10.5. The van der Waals surface area contributed by atoms with E-state index in [0.29, 0.717) is 50.7 Å². The highest BCUT2D eigenvalue weighted by Gasteiger charge is 2.45. The number of piperazine rings is 1. The predicted molar refractivity (Wildman–Crippen MR) is 138 cm³/mol. The van der Waals surface area contributed by atoms with Crippen molar-refractivity contribution in [1.29, 1.82) is 0 Å². The number of aryl methyl sites for hydroxylation is 1. The molecule has 6 rings (SSSR count). The topological polar surface area (TPSA) is 71.0 Å². The van der Waals surface area contributed by atoms with E-state index in [-0.39, 0.29) is 11.5 Å². The summed E-state index contributed by atoms with van der Waals surface area (Å²) in [5.74, 6) is 1.53. The number of ether oxygens (including phenoxy) is 2. The van der Waals surface area contributed by atoms with Gasteiger partial charge < -0.3 is 24.2 Å². The molecule has 1 amide bonds. The minimum absolute atomic E-state index is 0.0192. The summed E-state index contributed by atoms with van der Waals surface area (Å²) in [5, 5.41) is 0. The molecule has 0 N–H and O–H groups in total. The van der Waals surface area contributed by atoms with E-state index in [1.165, 1.54) is 23.6 Å². The number of rotatable bonds is 5. The molecule has 1 spiro atoms. The van der Waals surface area contributed by atoms with Crippen LogP contribution in [0.2, 0.25) is 0 Å². The quantitative estimate of drug-likeness (QED) is 0.598. The van der Waals surface area contributed by atoms with Crippen LogP contribution in [-0.2, 0) is 23.2 Å². The van der Waals surface area contributed by atoms with Gasteiger partial charge in [0, 0.05) is 32.2 Å². The van der Waals surface area contributed by atoms with E-state index in [1.54, 1.807) is 0 Å². The number of aromatic nitrogens is 2. The number of benzene rings is 1. The minimum Gasteiger partial charge on any atom is -0.466 e. The third kappa shape index (κ3) is 4.11. The van der Waals surface area contributed by atoms with Gasteiger partial charge in [0.25, 0.3) is 0 Å². The van der Waals surface area contributed by atoms with Crippen LogP contribution in [0.25, 0.3) is 0 Å². The molecule has 4 aliphatic rings. The number of anilines is 1. The number of hydrogen-bond acceptors (Lipinski definition) is 7. The minimum atomic E-state index is -0.326. The van der Waals surface area contributed by atoms with E-state index in [4.69, 9.17) is 19.4 Å². The van der Waals surface area contributed by atoms with Gasteiger partial charge in [0.05, 0.1) is 5.56 Å². The van der Waals surface area contributed by atoms with Crippen LogP contribution in [0, 0.1) is 0 Å². The lowest BCUT2D eigenvalue weighted by molar-refractivity contribution is -0.126. The second-order valence-corrected chi connectivity index (χ2v) is 10.5. The van der Waals surface area contributed by atoms with Gasteiger partial charge in [0.2, 0.25) is 11.8 Å². The van der Waals surface area contributed by atoms with Crippen LogP contribution in [0.1, 0.15) is 42.4 Å². The molecule has 2 aromatic rings. The highest BCUT2D eigenvalue weighted by molar-refractivity contribution is 5.87. The van der Waals surface area contributed by atoms with Crippen molar-refractivity contribution in [3.05, 3.63) is 53.6 Å². The van der Waals surface area contributed by atoms with Gasteiger partial charge in [-0.2, -0.15) is 9.97 Å². The third-order valence-electron chi connectivity index (χ3n) is 8.45. The lowest BCUT2D eigenvalue weighted by Crippen LogP contribution is -2.49. The second kappa shape index (κ2) is 9.39. The molecule has 1 aromatic heterocycles. The van der Waals surface area contributed by atoms with Crippen molar-refractivity contribution in [2.45, 2.75) is 50.2 Å². The fourth-order valence-electron chi connectivity index (χ4n) is 6.27. The van der Waals surface area contributed by atoms with Gasteiger partial charge in [0.15, 0.2) is 0 Å². The fraction of sp³-hybridized carbons (Fsp3) is 0.536. The average Bonchev–Trinajstić information content (AvgIpc) is 3.49. The van der Waals surface area contributed by atoms with Crippen LogP contribution in [0.15, 0.2) is 36.9 Å². The van der Waals surface area contributed by atoms with Crippen molar-refractivity contribution in [3.63, 3.8) is 0 Å². The maximum Gasteiger partial charge on any atom is 0.321 e. The van der Waals surface area contributed by atoms with Gasteiger partial charge in [-0.15, -0.1) is 0 Å². The number of carbonyl (C=O) groups is 1. The molecule has 4 heterocycles. The summed E-state index contributed by atoms with van der Waals surface area (Å²) in [6, 6.07) is 9.40. The molecule has 0 bridgehead atoms. The Morgan fingerprint density at radius 2 is 1.97 bits per heavy atom. The van der Waals surface area contributed by atoms with Gasteiger partial charge in [-0.1, -0.05) is 30.8 Å². The first kappa shape index (κ1) is 23.3. The van der Waals surface area contributed by atoms with Gasteiger partial charge in [-0.05, 0) is 69.3 Å². The monoisotopic (exact) mass is 489 g/mol. The zero-order valence-corrected chi connectivity index (χ0v) is 21.1. The summed E-state index contributed by atoms with van der Waals surface area (Å²) in [6.45, 7) is 8.01. The lowest BCUT2D eigenvalue weighted by Gasteiger charge is -2.39. The van der Waals surface area contributed by atoms with Gasteiger partial charge >= 0.3 is 6.01 Å². The van der Waals surface area contributed by atoms with Crippen LogP contribution in [0.3, 0.4) is 0 Å². The van der Waals surface area contributed by atoms with Crippen molar-refractivity contribution in [1.82, 2.24) is 19.8 Å². The normalized spacial score (nSPS) is 25.4. The highest BCUT2D eigenvalue weighted by Crippen LogP contribution is 2.49. The Bertz CT molecular complexity index is 1160. The van der Waals surface area contributed by atoms with Crippen molar-refractivity contribution in [3.8, 4) is 11.9 Å². The first-order chi connectivity index (χ1) is 17.6. The van der Waals surface area contributed by atoms with E-state index >= 15 is 0 Å². The van der Waals surface area contributed by atoms with Crippen molar-refractivity contribution in [2.24, 2.45) is 0 Å². The largest absolute Gasteiger partial charge is 0.466 e. The number of hydrogen-bond donors (Lipinski definition) is 0. The van der Waals surface area contributed by atoms with Crippen LogP contribution in [-0.4, -0.2) is 78.1 Å². The Morgan fingerprint density at radius 1 is 1.17 bits per heavy atom. The Labute approximate surface area is 212 Å². The number of nitrogens with zero attached hydrogens (tertiary/aromatic N) is 5. The van der Waals surface area contributed by atoms with Crippen LogP contribution >= 0.6 is 0 Å². The molecule has 2 fully saturated rings. The van der Waals surface area contributed by atoms with Gasteiger partial charge in [-0.3, -0.25) is 4.79 Å². The van der Waals surface area contributed by atoms with Gasteiger partial charge in [-0.25, -0.2) is 0 Å². The molecule has 8 nitrogen and oxygen atoms in total.